The maximum Gasteiger partial charge on any atom is 0.272 e. The van der Waals surface area contributed by atoms with Crippen LogP contribution in [-0.2, 0) is 4.79 Å². The van der Waals surface area contributed by atoms with E-state index in [0.29, 0.717) is 22.7 Å². The summed E-state index contributed by atoms with van der Waals surface area (Å²) in [4.78, 5) is 25.8. The molecule has 0 fully saturated rings. The number of benzene rings is 3. The Kier molecular flexibility index (Phi) is 7.81. The van der Waals surface area contributed by atoms with Crippen molar-refractivity contribution in [3.8, 4) is 11.5 Å². The summed E-state index contributed by atoms with van der Waals surface area (Å²) in [6, 6.07) is 23.4. The molecule has 0 aliphatic carbocycles. The molecule has 0 aromatic heterocycles. The number of ether oxygens (including phenoxy) is 2. The van der Waals surface area contributed by atoms with E-state index < -0.39 is 11.8 Å². The van der Waals surface area contributed by atoms with E-state index in [2.05, 4.69) is 10.6 Å². The third-order valence-electron chi connectivity index (χ3n) is 4.54. The third kappa shape index (κ3) is 6.09. The van der Waals surface area contributed by atoms with Crippen LogP contribution in [0.2, 0.25) is 0 Å². The van der Waals surface area contributed by atoms with Crippen LogP contribution in [0.4, 0.5) is 5.69 Å². The first-order valence-electron chi connectivity index (χ1n) is 9.94. The Morgan fingerprint density at radius 3 is 2.19 bits per heavy atom. The zero-order valence-corrected chi connectivity index (χ0v) is 17.9. The van der Waals surface area contributed by atoms with Gasteiger partial charge in [-0.3, -0.25) is 9.59 Å². The summed E-state index contributed by atoms with van der Waals surface area (Å²) in [5.74, 6) is 0.177. The Morgan fingerprint density at radius 2 is 1.50 bits per heavy atom. The maximum absolute atomic E-state index is 12.9. The monoisotopic (exact) mass is 428 g/mol. The Labute approximate surface area is 187 Å². The molecule has 32 heavy (non-hydrogen) atoms. The fourth-order valence-corrected chi connectivity index (χ4v) is 2.89. The zero-order chi connectivity index (χ0) is 22.8. The second kappa shape index (κ2) is 11.2. The van der Waals surface area contributed by atoms with Crippen LogP contribution >= 0.6 is 0 Å². The summed E-state index contributed by atoms with van der Waals surface area (Å²) in [5.41, 5.74) is 1.95. The predicted molar refractivity (Wildman–Crippen MR) is 126 cm³/mol. The van der Waals surface area contributed by atoms with Crippen LogP contribution in [0.1, 0.15) is 15.9 Å². The molecule has 0 saturated heterocycles. The van der Waals surface area contributed by atoms with Gasteiger partial charge in [-0.15, -0.1) is 0 Å². The lowest BCUT2D eigenvalue weighted by Gasteiger charge is -2.12. The summed E-state index contributed by atoms with van der Waals surface area (Å²) in [6.07, 6.45) is 5.11. The molecule has 2 N–H and O–H groups in total. The van der Waals surface area contributed by atoms with Gasteiger partial charge in [0, 0.05) is 5.69 Å². The average Bonchev–Trinajstić information content (AvgIpc) is 2.84. The summed E-state index contributed by atoms with van der Waals surface area (Å²) in [5, 5.41) is 5.48. The van der Waals surface area contributed by atoms with Crippen molar-refractivity contribution in [3.63, 3.8) is 0 Å². The Morgan fingerprint density at radius 1 is 0.812 bits per heavy atom. The van der Waals surface area contributed by atoms with Crippen LogP contribution in [0, 0.1) is 0 Å². The molecule has 0 atom stereocenters. The van der Waals surface area contributed by atoms with Gasteiger partial charge in [0.2, 0.25) is 0 Å². The molecule has 0 unspecified atom stereocenters. The second-order valence-corrected chi connectivity index (χ2v) is 6.69. The molecular formula is C26H24N2O4. The molecule has 0 radical (unpaired) electrons. The van der Waals surface area contributed by atoms with E-state index in [1.807, 2.05) is 36.4 Å². The lowest BCUT2D eigenvalue weighted by atomic mass is 10.1. The highest BCUT2D eigenvalue weighted by Gasteiger charge is 2.17. The minimum Gasteiger partial charge on any atom is -0.497 e. The molecule has 3 aromatic rings. The molecule has 0 saturated carbocycles. The molecule has 0 heterocycles. The number of methoxy groups -OCH3 is 2. The molecule has 0 aliphatic heterocycles. The van der Waals surface area contributed by atoms with Crippen molar-refractivity contribution >= 4 is 23.6 Å². The number of hydrogen-bond donors (Lipinski definition) is 2. The number of anilines is 1. The van der Waals surface area contributed by atoms with Gasteiger partial charge in [-0.1, -0.05) is 54.6 Å². The van der Waals surface area contributed by atoms with Gasteiger partial charge in [-0.05, 0) is 48.0 Å². The molecule has 3 rings (SSSR count). The molecule has 2 amide bonds. The highest BCUT2D eigenvalue weighted by Crippen LogP contribution is 2.18. The van der Waals surface area contributed by atoms with E-state index in [9.17, 15) is 9.59 Å². The summed E-state index contributed by atoms with van der Waals surface area (Å²) >= 11 is 0. The molecule has 3 aromatic carbocycles. The average molecular weight is 428 g/mol. The number of para-hydroxylation sites is 1. The largest absolute Gasteiger partial charge is 0.497 e. The van der Waals surface area contributed by atoms with Crippen LogP contribution in [0.3, 0.4) is 0 Å². The minimum atomic E-state index is -0.462. The first-order valence-corrected chi connectivity index (χ1v) is 9.94. The van der Waals surface area contributed by atoms with Crippen molar-refractivity contribution in [1.82, 2.24) is 5.32 Å². The number of carbonyl (C=O) groups is 2. The Balaban J connectivity index is 1.84. The van der Waals surface area contributed by atoms with Crippen molar-refractivity contribution in [2.75, 3.05) is 19.5 Å². The Bertz CT molecular complexity index is 1120. The summed E-state index contributed by atoms with van der Waals surface area (Å²) < 4.78 is 10.4. The number of rotatable bonds is 8. The summed E-state index contributed by atoms with van der Waals surface area (Å²) in [6.45, 7) is 0. The van der Waals surface area contributed by atoms with Crippen molar-refractivity contribution < 1.29 is 19.1 Å². The highest BCUT2D eigenvalue weighted by molar-refractivity contribution is 6.09. The van der Waals surface area contributed by atoms with Crippen LogP contribution in [0.25, 0.3) is 6.08 Å². The molecule has 0 spiro atoms. The topological polar surface area (TPSA) is 76.7 Å². The van der Waals surface area contributed by atoms with Crippen LogP contribution in [0.15, 0.2) is 96.7 Å². The lowest BCUT2D eigenvalue weighted by molar-refractivity contribution is -0.113. The van der Waals surface area contributed by atoms with E-state index >= 15 is 0 Å². The first kappa shape index (κ1) is 22.4. The first-order chi connectivity index (χ1) is 15.6. The van der Waals surface area contributed by atoms with Gasteiger partial charge >= 0.3 is 0 Å². The van der Waals surface area contributed by atoms with Gasteiger partial charge in [0.1, 0.15) is 17.2 Å². The van der Waals surface area contributed by atoms with Gasteiger partial charge in [0.15, 0.2) is 0 Å². The molecular weight excluding hydrogens is 404 g/mol. The molecule has 0 aliphatic rings. The van der Waals surface area contributed by atoms with E-state index in [4.69, 9.17) is 9.47 Å². The van der Waals surface area contributed by atoms with E-state index in [0.717, 1.165) is 5.56 Å². The fourth-order valence-electron chi connectivity index (χ4n) is 2.89. The second-order valence-electron chi connectivity index (χ2n) is 6.69. The highest BCUT2D eigenvalue weighted by atomic mass is 16.5. The van der Waals surface area contributed by atoms with Crippen molar-refractivity contribution in [2.45, 2.75) is 0 Å². The third-order valence-corrected chi connectivity index (χ3v) is 4.54. The van der Waals surface area contributed by atoms with Gasteiger partial charge < -0.3 is 20.1 Å². The van der Waals surface area contributed by atoms with Crippen molar-refractivity contribution in [2.24, 2.45) is 0 Å². The standard InChI is InChI=1S/C26H24N2O4/c1-31-21-17-15-20(16-18-21)27-26(30)23(13-8-11-19-9-4-3-5-10-19)28-25(29)22-12-6-7-14-24(22)32-2/h3-18H,1-2H3,(H,27,30)(H,28,29)/b11-8+,23-13-. The van der Waals surface area contributed by atoms with E-state index in [-0.39, 0.29) is 5.70 Å². The Hall–Kier alpha value is -4.32. The summed E-state index contributed by atoms with van der Waals surface area (Å²) in [7, 11) is 3.06. The zero-order valence-electron chi connectivity index (χ0n) is 17.9. The number of carbonyl (C=O) groups excluding carboxylic acids is 2. The molecule has 6 nitrogen and oxygen atoms in total. The van der Waals surface area contributed by atoms with Crippen molar-refractivity contribution in [3.05, 3.63) is 108 Å². The van der Waals surface area contributed by atoms with Crippen molar-refractivity contribution in [1.29, 1.82) is 0 Å². The predicted octanol–water partition coefficient (Wildman–Crippen LogP) is 4.67. The van der Waals surface area contributed by atoms with E-state index in [1.165, 1.54) is 7.11 Å². The van der Waals surface area contributed by atoms with Gasteiger partial charge in [-0.25, -0.2) is 0 Å². The molecule has 6 heteroatoms. The normalized spacial score (nSPS) is 11.1. The minimum absolute atomic E-state index is 0.0869. The number of nitrogens with one attached hydrogen (secondary N) is 2. The number of amides is 2. The van der Waals surface area contributed by atoms with E-state index in [1.54, 1.807) is 67.8 Å². The van der Waals surface area contributed by atoms with Crippen LogP contribution in [-0.4, -0.2) is 26.0 Å². The SMILES string of the molecule is COc1ccc(NC(=O)/C(=C/C=C/c2ccccc2)NC(=O)c2ccccc2OC)cc1. The smallest absolute Gasteiger partial charge is 0.272 e. The lowest BCUT2D eigenvalue weighted by Crippen LogP contribution is -2.31. The van der Waals surface area contributed by atoms with Gasteiger partial charge in [-0.2, -0.15) is 0 Å². The quantitative estimate of drug-likeness (QED) is 0.404. The van der Waals surface area contributed by atoms with Crippen LogP contribution < -0.4 is 20.1 Å². The maximum atomic E-state index is 12.9. The molecule has 0 bridgehead atoms. The van der Waals surface area contributed by atoms with Gasteiger partial charge in [0.25, 0.3) is 11.8 Å². The fraction of sp³-hybridized carbons (Fsp3) is 0.0769. The number of hydrogen-bond acceptors (Lipinski definition) is 4. The molecule has 162 valence electrons. The number of allylic oxidation sites excluding steroid dienone is 2. The van der Waals surface area contributed by atoms with Gasteiger partial charge in [0.05, 0.1) is 19.8 Å². The van der Waals surface area contributed by atoms with Crippen LogP contribution in [0.5, 0.6) is 11.5 Å².